The molecule has 202 valence electrons. The average molecular weight is 528 g/mol. The fourth-order valence-electron chi connectivity index (χ4n) is 7.53. The number of halogens is 3. The maximum absolute atomic E-state index is 13.1. The zero-order valence-electron chi connectivity index (χ0n) is 21.5. The van der Waals surface area contributed by atoms with Gasteiger partial charge in [0.1, 0.15) is 6.10 Å². The minimum Gasteiger partial charge on any atom is -0.462 e. The van der Waals surface area contributed by atoms with Gasteiger partial charge in [0, 0.05) is 30.5 Å². The number of nitrogens with zero attached hydrogens (tertiary/aromatic N) is 1. The molecule has 1 aromatic carbocycles. The van der Waals surface area contributed by atoms with Crippen molar-refractivity contribution in [2.45, 2.75) is 57.6 Å². The highest BCUT2D eigenvalue weighted by Gasteiger charge is 2.62. The largest absolute Gasteiger partial charge is 0.462 e. The summed E-state index contributed by atoms with van der Waals surface area (Å²) in [4.78, 5) is 17.3. The Morgan fingerprint density at radius 1 is 1.11 bits per heavy atom. The van der Waals surface area contributed by atoms with Crippen molar-refractivity contribution in [1.82, 2.24) is 4.98 Å². The molecule has 8 heteroatoms. The Kier molecular flexibility index (Phi) is 6.18. The number of benzene rings is 1. The number of cyclic esters (lactones) is 1. The molecule has 0 bridgehead atoms. The van der Waals surface area contributed by atoms with E-state index >= 15 is 0 Å². The second-order valence-corrected chi connectivity index (χ2v) is 11.5. The van der Waals surface area contributed by atoms with E-state index in [0.29, 0.717) is 36.0 Å². The van der Waals surface area contributed by atoms with Crippen molar-refractivity contribution >= 4 is 12.0 Å². The number of carbonyl (C=O) groups is 1. The van der Waals surface area contributed by atoms with E-state index in [4.69, 9.17) is 14.2 Å². The van der Waals surface area contributed by atoms with E-state index < -0.39 is 17.5 Å². The number of esters is 1. The quantitative estimate of drug-likeness (QED) is 0.425. The molecule has 0 amide bonds. The third-order valence-electron chi connectivity index (χ3n) is 9.38. The lowest BCUT2D eigenvalue weighted by Gasteiger charge is -2.57. The Balaban J connectivity index is 1.29. The first-order valence-corrected chi connectivity index (χ1v) is 13.4. The number of pyridine rings is 1. The standard InChI is InChI=1S/C30H32F3NO4/c1-18-26-24(27(35)38-18)15-21-10-11-29(36-12-13-37-29)17-28(21,2)25(26)9-8-23-7-6-20(16-34-23)19-4-3-5-22(14-19)30(31,32)33/h3-9,14,16,18,21,24-26H,10-13,15,17H2,1-2H3/b9-8+/t18-,21+,24-,25-,26-,28-/m0/s1. The van der Waals surface area contributed by atoms with Crippen LogP contribution in [-0.2, 0) is 25.2 Å². The predicted molar refractivity (Wildman–Crippen MR) is 134 cm³/mol. The smallest absolute Gasteiger partial charge is 0.416 e. The molecule has 1 spiro atoms. The van der Waals surface area contributed by atoms with Gasteiger partial charge in [-0.25, -0.2) is 0 Å². The molecule has 2 aromatic rings. The number of fused-ring (bicyclic) bond motifs is 2. The van der Waals surface area contributed by atoms with Crippen LogP contribution in [0.25, 0.3) is 17.2 Å². The molecule has 0 unspecified atom stereocenters. The van der Waals surface area contributed by atoms with E-state index in [-0.39, 0.29) is 35.2 Å². The Bertz CT molecular complexity index is 1240. The minimum absolute atomic E-state index is 0.0564. The first-order valence-electron chi connectivity index (χ1n) is 13.4. The van der Waals surface area contributed by atoms with E-state index in [2.05, 4.69) is 18.0 Å². The minimum atomic E-state index is -4.40. The number of hydrogen-bond donors (Lipinski definition) is 0. The number of alkyl halides is 3. The van der Waals surface area contributed by atoms with Crippen molar-refractivity contribution in [3.8, 4) is 11.1 Å². The summed E-state index contributed by atoms with van der Waals surface area (Å²) in [6, 6.07) is 8.86. The topological polar surface area (TPSA) is 57.7 Å². The van der Waals surface area contributed by atoms with Gasteiger partial charge in [0.15, 0.2) is 5.79 Å². The van der Waals surface area contributed by atoms with Crippen LogP contribution in [0.3, 0.4) is 0 Å². The second kappa shape index (κ2) is 9.19. The van der Waals surface area contributed by atoms with E-state index in [1.807, 2.05) is 19.1 Å². The Labute approximate surface area is 220 Å². The van der Waals surface area contributed by atoms with Crippen LogP contribution in [0.5, 0.6) is 0 Å². The monoisotopic (exact) mass is 527 g/mol. The molecule has 4 fully saturated rings. The Morgan fingerprint density at radius 3 is 2.61 bits per heavy atom. The molecule has 2 saturated carbocycles. The predicted octanol–water partition coefficient (Wildman–Crippen LogP) is 6.53. The normalized spacial score (nSPS) is 34.3. The SMILES string of the molecule is C[C@@H]1OC(=O)[C@H]2C[C@H]3CCC4(C[C@]3(C)[C@@H](/C=C/c3ccc(-c5cccc(C(F)(F)F)c5)cn3)[C@@H]12)OCCO4. The molecule has 38 heavy (non-hydrogen) atoms. The van der Waals surface area contributed by atoms with Gasteiger partial charge in [-0.1, -0.05) is 31.2 Å². The lowest BCUT2D eigenvalue weighted by atomic mass is 9.49. The molecule has 6 atom stereocenters. The lowest BCUT2D eigenvalue weighted by molar-refractivity contribution is -0.228. The van der Waals surface area contributed by atoms with Crippen molar-refractivity contribution in [2.75, 3.05) is 13.2 Å². The van der Waals surface area contributed by atoms with Gasteiger partial charge in [-0.2, -0.15) is 13.2 Å². The first-order chi connectivity index (χ1) is 18.1. The molecule has 0 N–H and O–H groups in total. The fraction of sp³-hybridized carbons (Fsp3) is 0.533. The highest BCUT2D eigenvalue weighted by atomic mass is 19.4. The highest BCUT2D eigenvalue weighted by Crippen LogP contribution is 2.62. The molecule has 2 saturated heterocycles. The van der Waals surface area contributed by atoms with Crippen molar-refractivity contribution in [3.63, 3.8) is 0 Å². The average Bonchev–Trinajstić information content (AvgIpc) is 3.45. The van der Waals surface area contributed by atoms with Gasteiger partial charge in [0.05, 0.1) is 30.4 Å². The van der Waals surface area contributed by atoms with Crippen LogP contribution in [0, 0.1) is 29.1 Å². The van der Waals surface area contributed by atoms with Gasteiger partial charge in [-0.3, -0.25) is 9.78 Å². The summed E-state index contributed by atoms with van der Waals surface area (Å²) in [6.07, 6.45) is 4.54. The summed E-state index contributed by atoms with van der Waals surface area (Å²) in [5, 5.41) is 0. The van der Waals surface area contributed by atoms with Crippen LogP contribution in [-0.4, -0.2) is 36.1 Å². The van der Waals surface area contributed by atoms with Gasteiger partial charge < -0.3 is 14.2 Å². The van der Waals surface area contributed by atoms with Gasteiger partial charge in [-0.15, -0.1) is 0 Å². The van der Waals surface area contributed by atoms with Gasteiger partial charge in [0.2, 0.25) is 0 Å². The summed E-state index contributed by atoms with van der Waals surface area (Å²) in [7, 11) is 0. The number of allylic oxidation sites excluding steroid dienone is 1. The summed E-state index contributed by atoms with van der Waals surface area (Å²) < 4.78 is 57.4. The van der Waals surface area contributed by atoms with Crippen LogP contribution in [0.1, 0.15) is 50.8 Å². The van der Waals surface area contributed by atoms with E-state index in [0.717, 1.165) is 37.8 Å². The molecule has 1 aromatic heterocycles. The molecule has 5 nitrogen and oxygen atoms in total. The number of aromatic nitrogens is 1. The van der Waals surface area contributed by atoms with Crippen molar-refractivity contribution in [2.24, 2.45) is 29.1 Å². The lowest BCUT2D eigenvalue weighted by Crippen LogP contribution is -2.55. The highest BCUT2D eigenvalue weighted by molar-refractivity contribution is 5.76. The van der Waals surface area contributed by atoms with E-state index in [9.17, 15) is 18.0 Å². The third-order valence-corrected chi connectivity index (χ3v) is 9.38. The van der Waals surface area contributed by atoms with Gasteiger partial charge in [-0.05, 0) is 66.9 Å². The number of hydrogen-bond acceptors (Lipinski definition) is 5. The first kappa shape index (κ1) is 25.6. The number of rotatable bonds is 3. The summed E-state index contributed by atoms with van der Waals surface area (Å²) in [5.74, 6) is -0.301. The molecule has 3 heterocycles. The van der Waals surface area contributed by atoms with Crippen molar-refractivity contribution < 1.29 is 32.2 Å². The van der Waals surface area contributed by atoms with Crippen LogP contribution in [0.2, 0.25) is 0 Å². The van der Waals surface area contributed by atoms with E-state index in [1.54, 1.807) is 18.3 Å². The van der Waals surface area contributed by atoms with Crippen LogP contribution in [0.4, 0.5) is 13.2 Å². The molecule has 0 radical (unpaired) electrons. The molecule has 4 aliphatic rings. The number of carbonyl (C=O) groups excluding carboxylic acids is 1. The van der Waals surface area contributed by atoms with Crippen LogP contribution in [0.15, 0.2) is 48.7 Å². The van der Waals surface area contributed by atoms with Gasteiger partial charge in [0.25, 0.3) is 0 Å². The van der Waals surface area contributed by atoms with Gasteiger partial charge >= 0.3 is 12.1 Å². The summed E-state index contributed by atoms with van der Waals surface area (Å²) >= 11 is 0. The maximum atomic E-state index is 13.1. The number of ether oxygens (including phenoxy) is 3. The molecular weight excluding hydrogens is 495 g/mol. The summed E-state index contributed by atoms with van der Waals surface area (Å²) in [5.41, 5.74) is 0.968. The Morgan fingerprint density at radius 2 is 1.89 bits per heavy atom. The fourth-order valence-corrected chi connectivity index (χ4v) is 7.53. The van der Waals surface area contributed by atoms with E-state index in [1.165, 1.54) is 6.07 Å². The van der Waals surface area contributed by atoms with Crippen molar-refractivity contribution in [3.05, 3.63) is 59.9 Å². The third kappa shape index (κ3) is 4.35. The maximum Gasteiger partial charge on any atom is 0.416 e. The summed E-state index contributed by atoms with van der Waals surface area (Å²) in [6.45, 7) is 5.49. The molecule has 2 aliphatic carbocycles. The van der Waals surface area contributed by atoms with Crippen molar-refractivity contribution in [1.29, 1.82) is 0 Å². The molecule has 2 aliphatic heterocycles. The van der Waals surface area contributed by atoms with Crippen LogP contribution < -0.4 is 0 Å². The zero-order valence-corrected chi connectivity index (χ0v) is 21.5. The van der Waals surface area contributed by atoms with Crippen LogP contribution >= 0.6 is 0 Å². The molecular formula is C30H32F3NO4. The zero-order chi connectivity index (χ0) is 26.7. The molecule has 6 rings (SSSR count). The Hall–Kier alpha value is -2.71. The second-order valence-electron chi connectivity index (χ2n) is 11.5.